The maximum Gasteiger partial charge on any atom is 0.241 e. The smallest absolute Gasteiger partial charge is 0.241 e. The highest BCUT2D eigenvalue weighted by molar-refractivity contribution is 5.84. The maximum absolute atomic E-state index is 11.2. The summed E-state index contributed by atoms with van der Waals surface area (Å²) >= 11 is 0. The molecule has 0 saturated carbocycles. The van der Waals surface area contributed by atoms with Crippen LogP contribution in [0.25, 0.3) is 0 Å². The molecule has 0 aliphatic carbocycles. The van der Waals surface area contributed by atoms with E-state index in [0.29, 0.717) is 6.54 Å². The average Bonchev–Trinajstić information content (AvgIpc) is 1.85. The van der Waals surface area contributed by atoms with E-state index >= 15 is 0 Å². The van der Waals surface area contributed by atoms with Gasteiger partial charge in [-0.1, -0.05) is 0 Å². The first kappa shape index (κ1) is 10.4. The fraction of sp³-hybridized carbons (Fsp3) is 0.857. The Morgan fingerprint density at radius 3 is 2.36 bits per heavy atom. The lowest BCUT2D eigenvalue weighted by Gasteiger charge is -2.24. The van der Waals surface area contributed by atoms with E-state index in [1.807, 2.05) is 0 Å². The third-order valence-corrected chi connectivity index (χ3v) is 1.33. The number of amides is 1. The molecule has 4 heteroatoms. The van der Waals surface area contributed by atoms with Crippen LogP contribution in [0.3, 0.4) is 0 Å². The molecule has 0 unspecified atom stereocenters. The first-order chi connectivity index (χ1) is 4.89. The van der Waals surface area contributed by atoms with Gasteiger partial charge in [-0.15, -0.1) is 0 Å². The van der Waals surface area contributed by atoms with Crippen LogP contribution >= 0.6 is 0 Å². The van der Waals surface area contributed by atoms with Crippen LogP contribution in [0.1, 0.15) is 13.8 Å². The monoisotopic (exact) mass is 160 g/mol. The number of carbonyl (C=O) groups is 1. The number of nitrogens with zero attached hydrogens (tertiary/aromatic N) is 1. The number of nitrogens with two attached hydrogens (primary N) is 1. The van der Waals surface area contributed by atoms with Gasteiger partial charge in [0.15, 0.2) is 0 Å². The Hall–Kier alpha value is -0.610. The minimum atomic E-state index is -0.843. The largest absolute Gasteiger partial charge is 0.395 e. The third-order valence-electron chi connectivity index (χ3n) is 1.33. The van der Waals surface area contributed by atoms with Gasteiger partial charge in [-0.25, -0.2) is 0 Å². The van der Waals surface area contributed by atoms with Crippen molar-refractivity contribution in [2.24, 2.45) is 5.73 Å². The van der Waals surface area contributed by atoms with Gasteiger partial charge in [-0.05, 0) is 13.8 Å². The minimum absolute atomic E-state index is 0.0294. The standard InChI is InChI=1S/C7H16N2O2/c1-7(2,8)6(11)9(3)4-5-10/h10H,4-5,8H2,1-3H3. The zero-order valence-electron chi connectivity index (χ0n) is 7.29. The molecular weight excluding hydrogens is 144 g/mol. The lowest BCUT2D eigenvalue weighted by Crippen LogP contribution is -2.50. The van der Waals surface area contributed by atoms with Crippen molar-refractivity contribution < 1.29 is 9.90 Å². The van der Waals surface area contributed by atoms with E-state index in [1.165, 1.54) is 4.90 Å². The van der Waals surface area contributed by atoms with Crippen LogP contribution in [0.2, 0.25) is 0 Å². The van der Waals surface area contributed by atoms with Crippen molar-refractivity contribution in [3.05, 3.63) is 0 Å². The minimum Gasteiger partial charge on any atom is -0.395 e. The van der Waals surface area contributed by atoms with Gasteiger partial charge in [0.2, 0.25) is 5.91 Å². The van der Waals surface area contributed by atoms with E-state index in [-0.39, 0.29) is 12.5 Å². The van der Waals surface area contributed by atoms with Crippen molar-refractivity contribution in [2.75, 3.05) is 20.2 Å². The molecule has 3 N–H and O–H groups in total. The Labute approximate surface area is 67.0 Å². The van der Waals surface area contributed by atoms with Crippen LogP contribution in [0, 0.1) is 0 Å². The van der Waals surface area contributed by atoms with Gasteiger partial charge in [0.05, 0.1) is 12.1 Å². The lowest BCUT2D eigenvalue weighted by atomic mass is 10.1. The molecule has 0 aromatic rings. The van der Waals surface area contributed by atoms with Crippen LogP contribution in [0.5, 0.6) is 0 Å². The SMILES string of the molecule is CN(CCO)C(=O)C(C)(C)N. The van der Waals surface area contributed by atoms with E-state index in [0.717, 1.165) is 0 Å². The summed E-state index contributed by atoms with van der Waals surface area (Å²) in [7, 11) is 1.62. The summed E-state index contributed by atoms with van der Waals surface area (Å²) in [5, 5.41) is 8.52. The molecule has 0 aromatic heterocycles. The molecule has 0 aliphatic rings. The van der Waals surface area contributed by atoms with Gasteiger partial charge in [-0.2, -0.15) is 0 Å². The first-order valence-electron chi connectivity index (χ1n) is 3.55. The van der Waals surface area contributed by atoms with Gasteiger partial charge in [-0.3, -0.25) is 4.79 Å². The van der Waals surface area contributed by atoms with Crippen LogP contribution in [-0.2, 0) is 4.79 Å². The van der Waals surface area contributed by atoms with Crippen molar-refractivity contribution in [1.29, 1.82) is 0 Å². The molecule has 0 spiro atoms. The number of hydrogen-bond acceptors (Lipinski definition) is 3. The molecule has 0 bridgehead atoms. The predicted octanol–water partition coefficient (Wildman–Crippen LogP) is -0.826. The normalized spacial score (nSPS) is 11.4. The number of rotatable bonds is 3. The Bertz CT molecular complexity index is 140. The van der Waals surface area contributed by atoms with Crippen molar-refractivity contribution in [1.82, 2.24) is 4.90 Å². The highest BCUT2D eigenvalue weighted by atomic mass is 16.3. The van der Waals surface area contributed by atoms with Crippen LogP contribution in [0.15, 0.2) is 0 Å². The molecule has 0 atom stereocenters. The Morgan fingerprint density at radius 2 is 2.09 bits per heavy atom. The molecule has 0 radical (unpaired) electrons. The Balaban J connectivity index is 4.03. The topological polar surface area (TPSA) is 66.6 Å². The van der Waals surface area contributed by atoms with Gasteiger partial charge in [0.1, 0.15) is 0 Å². The zero-order chi connectivity index (χ0) is 9.07. The molecule has 0 aromatic carbocycles. The average molecular weight is 160 g/mol. The second kappa shape index (κ2) is 3.69. The summed E-state index contributed by atoms with van der Waals surface area (Å²) < 4.78 is 0. The summed E-state index contributed by atoms with van der Waals surface area (Å²) in [5.74, 6) is -0.161. The number of carbonyl (C=O) groups excluding carboxylic acids is 1. The van der Waals surface area contributed by atoms with Crippen molar-refractivity contribution in [2.45, 2.75) is 19.4 Å². The van der Waals surface area contributed by atoms with Gasteiger partial charge in [0, 0.05) is 13.6 Å². The van der Waals surface area contributed by atoms with Crippen molar-refractivity contribution in [3.63, 3.8) is 0 Å². The van der Waals surface area contributed by atoms with Gasteiger partial charge in [0.25, 0.3) is 0 Å². The second-order valence-electron chi connectivity index (χ2n) is 3.17. The van der Waals surface area contributed by atoms with E-state index in [9.17, 15) is 4.79 Å². The number of aliphatic hydroxyl groups is 1. The molecule has 0 heterocycles. The summed E-state index contributed by atoms with van der Waals surface area (Å²) in [6.45, 7) is 3.59. The predicted molar refractivity (Wildman–Crippen MR) is 43.0 cm³/mol. The number of aliphatic hydroxyl groups excluding tert-OH is 1. The highest BCUT2D eigenvalue weighted by Gasteiger charge is 2.24. The molecule has 0 aliphatic heterocycles. The summed E-state index contributed by atoms with van der Waals surface area (Å²) in [5.41, 5.74) is 4.69. The Morgan fingerprint density at radius 1 is 1.64 bits per heavy atom. The highest BCUT2D eigenvalue weighted by Crippen LogP contribution is 2.01. The first-order valence-corrected chi connectivity index (χ1v) is 3.55. The van der Waals surface area contributed by atoms with Crippen LogP contribution in [0.4, 0.5) is 0 Å². The van der Waals surface area contributed by atoms with E-state index in [2.05, 4.69) is 0 Å². The van der Waals surface area contributed by atoms with Gasteiger partial charge >= 0.3 is 0 Å². The van der Waals surface area contributed by atoms with Crippen LogP contribution in [-0.4, -0.2) is 41.7 Å². The molecule has 66 valence electrons. The fourth-order valence-corrected chi connectivity index (χ4v) is 0.743. The molecule has 11 heavy (non-hydrogen) atoms. The van der Waals surface area contributed by atoms with Crippen molar-refractivity contribution >= 4 is 5.91 Å². The summed E-state index contributed by atoms with van der Waals surface area (Å²) in [6.07, 6.45) is 0. The van der Waals surface area contributed by atoms with E-state index < -0.39 is 5.54 Å². The molecular formula is C7H16N2O2. The maximum atomic E-state index is 11.2. The number of likely N-dealkylation sites (N-methyl/N-ethyl adjacent to an activating group) is 1. The molecule has 0 saturated heterocycles. The molecule has 1 amide bonds. The quantitative estimate of drug-likeness (QED) is 0.566. The second-order valence-corrected chi connectivity index (χ2v) is 3.17. The van der Waals surface area contributed by atoms with E-state index in [4.69, 9.17) is 10.8 Å². The van der Waals surface area contributed by atoms with E-state index in [1.54, 1.807) is 20.9 Å². The molecule has 0 rings (SSSR count). The summed E-state index contributed by atoms with van der Waals surface area (Å²) in [6, 6.07) is 0. The van der Waals surface area contributed by atoms with Gasteiger partial charge < -0.3 is 15.7 Å². The van der Waals surface area contributed by atoms with Crippen LogP contribution < -0.4 is 5.73 Å². The van der Waals surface area contributed by atoms with Crippen molar-refractivity contribution in [3.8, 4) is 0 Å². The number of hydrogen-bond donors (Lipinski definition) is 2. The lowest BCUT2D eigenvalue weighted by molar-refractivity contribution is -0.134. The molecule has 4 nitrogen and oxygen atoms in total. The molecule has 0 fully saturated rings. The Kier molecular flexibility index (Phi) is 3.48. The summed E-state index contributed by atoms with van der Waals surface area (Å²) in [4.78, 5) is 12.7. The zero-order valence-corrected chi connectivity index (χ0v) is 7.29. The fourth-order valence-electron chi connectivity index (χ4n) is 0.743. The third kappa shape index (κ3) is 3.34.